The van der Waals surface area contributed by atoms with Gasteiger partial charge in [0.05, 0.1) is 15.6 Å². The normalized spacial score (nSPS) is 12.0. The number of amides is 2. The zero-order valence-corrected chi connectivity index (χ0v) is 22.6. The summed E-state index contributed by atoms with van der Waals surface area (Å²) in [4.78, 5) is 28.2. The Morgan fingerprint density at radius 2 is 1.51 bits per heavy atom. The second kappa shape index (κ2) is 13.3. The number of hydrogen-bond donors (Lipinski definition) is 1. The summed E-state index contributed by atoms with van der Waals surface area (Å²) in [6.45, 7) is 3.79. The monoisotopic (exact) mass is 541 g/mol. The molecule has 0 radical (unpaired) electrons. The number of carbonyl (C=O) groups excluding carboxylic acids is 2. The molecule has 37 heavy (non-hydrogen) atoms. The molecule has 1 N–H and O–H groups in total. The van der Waals surface area contributed by atoms with Gasteiger partial charge >= 0.3 is 0 Å². The highest BCUT2D eigenvalue weighted by molar-refractivity contribution is 7.92. The molecule has 0 bridgehead atoms. The SMILES string of the molecule is CCCCNC(=O)C(C)N(Cc1ccccc1)C(=O)CN(c1ccccc1Cl)S(=O)(=O)c1ccccc1. The summed E-state index contributed by atoms with van der Waals surface area (Å²) in [7, 11) is -4.14. The maximum absolute atomic E-state index is 13.8. The fraction of sp³-hybridized carbons (Fsp3) is 0.286. The molecule has 9 heteroatoms. The fourth-order valence-electron chi connectivity index (χ4n) is 3.79. The van der Waals surface area contributed by atoms with Crippen molar-refractivity contribution in [3.8, 4) is 0 Å². The van der Waals surface area contributed by atoms with E-state index in [1.54, 1.807) is 49.4 Å². The highest BCUT2D eigenvalue weighted by Crippen LogP contribution is 2.30. The van der Waals surface area contributed by atoms with Crippen molar-refractivity contribution in [1.82, 2.24) is 10.2 Å². The van der Waals surface area contributed by atoms with E-state index in [-0.39, 0.29) is 28.1 Å². The van der Waals surface area contributed by atoms with Crippen LogP contribution >= 0.6 is 11.6 Å². The van der Waals surface area contributed by atoms with Gasteiger partial charge in [-0.2, -0.15) is 0 Å². The average Bonchev–Trinajstić information content (AvgIpc) is 2.91. The number of halogens is 1. The summed E-state index contributed by atoms with van der Waals surface area (Å²) in [5, 5.41) is 3.06. The lowest BCUT2D eigenvalue weighted by atomic mass is 10.1. The predicted molar refractivity (Wildman–Crippen MR) is 147 cm³/mol. The number of para-hydroxylation sites is 1. The molecule has 0 aliphatic carbocycles. The van der Waals surface area contributed by atoms with E-state index in [1.165, 1.54) is 17.0 Å². The highest BCUT2D eigenvalue weighted by atomic mass is 35.5. The first kappa shape index (κ1) is 28.2. The second-order valence-corrected chi connectivity index (χ2v) is 10.9. The Bertz CT molecular complexity index is 1290. The molecular weight excluding hydrogens is 510 g/mol. The molecule has 196 valence electrons. The van der Waals surface area contributed by atoms with E-state index in [1.807, 2.05) is 37.3 Å². The van der Waals surface area contributed by atoms with E-state index in [0.717, 1.165) is 22.7 Å². The number of unbranched alkanes of at least 4 members (excludes halogenated alkanes) is 1. The number of nitrogens with zero attached hydrogens (tertiary/aromatic N) is 2. The topological polar surface area (TPSA) is 86.8 Å². The molecule has 1 unspecified atom stereocenters. The summed E-state index contributed by atoms with van der Waals surface area (Å²) in [6, 6.07) is 22.8. The van der Waals surface area contributed by atoms with Gasteiger partial charge in [0.1, 0.15) is 12.6 Å². The van der Waals surface area contributed by atoms with Crippen LogP contribution in [0.4, 0.5) is 5.69 Å². The van der Waals surface area contributed by atoms with Gasteiger partial charge in [0.2, 0.25) is 11.8 Å². The number of anilines is 1. The quantitative estimate of drug-likeness (QED) is 0.331. The van der Waals surface area contributed by atoms with Gasteiger partial charge in [-0.15, -0.1) is 0 Å². The van der Waals surface area contributed by atoms with Gasteiger partial charge in [0.25, 0.3) is 10.0 Å². The van der Waals surface area contributed by atoms with E-state index >= 15 is 0 Å². The van der Waals surface area contributed by atoms with Crippen LogP contribution in [0.3, 0.4) is 0 Å². The van der Waals surface area contributed by atoms with Crippen molar-refractivity contribution in [2.24, 2.45) is 0 Å². The lowest BCUT2D eigenvalue weighted by molar-refractivity contribution is -0.139. The fourth-order valence-corrected chi connectivity index (χ4v) is 5.53. The minimum atomic E-state index is -4.14. The van der Waals surface area contributed by atoms with Crippen LogP contribution in [-0.4, -0.2) is 44.3 Å². The Kier molecular flexibility index (Phi) is 10.1. The minimum absolute atomic E-state index is 0.0303. The third-order valence-corrected chi connectivity index (χ3v) is 8.02. The second-order valence-electron chi connectivity index (χ2n) is 8.60. The number of nitrogens with one attached hydrogen (secondary N) is 1. The molecular formula is C28H32ClN3O4S. The Balaban J connectivity index is 1.98. The van der Waals surface area contributed by atoms with Crippen LogP contribution in [-0.2, 0) is 26.2 Å². The van der Waals surface area contributed by atoms with E-state index in [2.05, 4.69) is 5.32 Å². The number of benzene rings is 3. The summed E-state index contributed by atoms with van der Waals surface area (Å²) >= 11 is 6.39. The van der Waals surface area contributed by atoms with Crippen LogP contribution in [0.15, 0.2) is 89.8 Å². The Hall–Kier alpha value is -3.36. The zero-order valence-electron chi connectivity index (χ0n) is 21.0. The maximum atomic E-state index is 13.8. The molecule has 3 rings (SSSR count). The number of carbonyl (C=O) groups is 2. The third-order valence-electron chi connectivity index (χ3n) is 5.92. The molecule has 3 aromatic rings. The van der Waals surface area contributed by atoms with Gasteiger partial charge in [0.15, 0.2) is 0 Å². The number of rotatable bonds is 12. The third kappa shape index (κ3) is 7.33. The van der Waals surface area contributed by atoms with E-state index in [0.29, 0.717) is 6.54 Å². The molecule has 0 saturated heterocycles. The first-order valence-corrected chi connectivity index (χ1v) is 14.0. The van der Waals surface area contributed by atoms with Crippen LogP contribution in [0.25, 0.3) is 0 Å². The maximum Gasteiger partial charge on any atom is 0.264 e. The summed E-state index contributed by atoms with van der Waals surface area (Å²) in [5.74, 6) is -0.825. The van der Waals surface area contributed by atoms with Crippen molar-refractivity contribution >= 4 is 39.1 Å². The first-order valence-electron chi connectivity index (χ1n) is 12.2. The average molecular weight is 542 g/mol. The van der Waals surface area contributed by atoms with Crippen molar-refractivity contribution in [2.75, 3.05) is 17.4 Å². The van der Waals surface area contributed by atoms with Crippen LogP contribution < -0.4 is 9.62 Å². The Morgan fingerprint density at radius 3 is 2.14 bits per heavy atom. The Morgan fingerprint density at radius 1 is 0.919 bits per heavy atom. The summed E-state index contributed by atoms with van der Waals surface area (Å²) in [6.07, 6.45) is 1.74. The molecule has 1 atom stereocenters. The Labute approximate surface area is 224 Å². The first-order chi connectivity index (χ1) is 17.8. The minimum Gasteiger partial charge on any atom is -0.354 e. The molecule has 0 aliphatic heterocycles. The van der Waals surface area contributed by atoms with Gasteiger partial charge < -0.3 is 10.2 Å². The van der Waals surface area contributed by atoms with Crippen LogP contribution in [0.5, 0.6) is 0 Å². The van der Waals surface area contributed by atoms with Crippen molar-refractivity contribution in [3.05, 3.63) is 95.5 Å². The van der Waals surface area contributed by atoms with Gasteiger partial charge in [-0.3, -0.25) is 13.9 Å². The predicted octanol–water partition coefficient (Wildman–Crippen LogP) is 4.87. The molecule has 3 aromatic carbocycles. The largest absolute Gasteiger partial charge is 0.354 e. The van der Waals surface area contributed by atoms with Crippen molar-refractivity contribution in [2.45, 2.75) is 44.2 Å². The molecule has 7 nitrogen and oxygen atoms in total. The van der Waals surface area contributed by atoms with Crippen LogP contribution in [0.1, 0.15) is 32.3 Å². The van der Waals surface area contributed by atoms with Crippen LogP contribution in [0.2, 0.25) is 5.02 Å². The zero-order chi connectivity index (χ0) is 26.8. The van der Waals surface area contributed by atoms with Gasteiger partial charge in [-0.05, 0) is 43.2 Å². The van der Waals surface area contributed by atoms with E-state index in [4.69, 9.17) is 11.6 Å². The van der Waals surface area contributed by atoms with Crippen molar-refractivity contribution in [1.29, 1.82) is 0 Å². The van der Waals surface area contributed by atoms with Gasteiger partial charge in [-0.25, -0.2) is 8.42 Å². The standard InChI is InChI=1S/C28H32ClN3O4S/c1-3-4-19-30-28(34)22(2)31(20-23-13-7-5-8-14-23)27(33)21-32(26-18-12-11-17-25(26)29)37(35,36)24-15-9-6-10-16-24/h5-18,22H,3-4,19-21H2,1-2H3,(H,30,34). The molecule has 0 aromatic heterocycles. The molecule has 0 spiro atoms. The highest BCUT2D eigenvalue weighted by Gasteiger charge is 2.33. The number of hydrogen-bond acceptors (Lipinski definition) is 4. The lowest BCUT2D eigenvalue weighted by Crippen LogP contribution is -2.51. The van der Waals surface area contributed by atoms with Crippen molar-refractivity contribution in [3.63, 3.8) is 0 Å². The van der Waals surface area contributed by atoms with Crippen LogP contribution in [0, 0.1) is 0 Å². The summed E-state index contributed by atoms with van der Waals surface area (Å²) < 4.78 is 28.4. The van der Waals surface area contributed by atoms with Crippen molar-refractivity contribution < 1.29 is 18.0 Å². The van der Waals surface area contributed by atoms with E-state index < -0.39 is 28.5 Å². The summed E-state index contributed by atoms with van der Waals surface area (Å²) in [5.41, 5.74) is 1.00. The number of sulfonamides is 1. The molecule has 0 fully saturated rings. The molecule has 0 heterocycles. The van der Waals surface area contributed by atoms with Gasteiger partial charge in [0, 0.05) is 13.1 Å². The van der Waals surface area contributed by atoms with E-state index in [9.17, 15) is 18.0 Å². The molecule has 0 saturated carbocycles. The molecule has 2 amide bonds. The molecule has 0 aliphatic rings. The lowest BCUT2D eigenvalue weighted by Gasteiger charge is -2.32. The van der Waals surface area contributed by atoms with Gasteiger partial charge in [-0.1, -0.05) is 85.6 Å². The smallest absolute Gasteiger partial charge is 0.264 e.